The minimum atomic E-state index is -4.11. The first-order chi connectivity index (χ1) is 17.9. The van der Waals surface area contributed by atoms with E-state index in [1.54, 1.807) is 36.4 Å². The first-order valence-corrected chi connectivity index (χ1v) is 13.2. The molecule has 2 N–H and O–H groups in total. The van der Waals surface area contributed by atoms with Crippen LogP contribution in [0.5, 0.6) is 17.2 Å². The van der Waals surface area contributed by atoms with Crippen molar-refractivity contribution in [3.05, 3.63) is 114 Å². The molecule has 0 aliphatic heterocycles. The largest absolute Gasteiger partial charge is 0.495 e. The number of ether oxygens (including phenoxy) is 2. The third-order valence-electron chi connectivity index (χ3n) is 5.45. The molecule has 0 saturated carbocycles. The maximum Gasteiger partial charge on any atom is 0.243 e. The van der Waals surface area contributed by atoms with Gasteiger partial charge in [-0.3, -0.25) is 4.79 Å². The number of amides is 1. The van der Waals surface area contributed by atoms with Gasteiger partial charge in [0.15, 0.2) is 5.75 Å². The Hall–Kier alpha value is -3.85. The van der Waals surface area contributed by atoms with Crippen molar-refractivity contribution in [2.45, 2.75) is 17.4 Å². The molecule has 0 unspecified atom stereocenters. The van der Waals surface area contributed by atoms with Crippen molar-refractivity contribution in [3.8, 4) is 17.2 Å². The topological polar surface area (TPSA) is 93.7 Å². The molecule has 1 amide bonds. The summed E-state index contributed by atoms with van der Waals surface area (Å²) in [6.45, 7) is 0. The number of sulfonamides is 1. The van der Waals surface area contributed by atoms with E-state index >= 15 is 0 Å². The molecule has 0 fully saturated rings. The van der Waals surface area contributed by atoms with Crippen molar-refractivity contribution in [1.82, 2.24) is 4.72 Å². The van der Waals surface area contributed by atoms with Crippen molar-refractivity contribution in [2.75, 3.05) is 12.4 Å². The zero-order valence-electron chi connectivity index (χ0n) is 19.9. The second-order valence-corrected chi connectivity index (χ2v) is 10.2. The number of hydrogen-bond donors (Lipinski definition) is 2. The predicted molar refractivity (Wildman–Crippen MR) is 144 cm³/mol. The van der Waals surface area contributed by atoms with E-state index in [9.17, 15) is 13.2 Å². The van der Waals surface area contributed by atoms with Crippen molar-refractivity contribution >= 4 is 33.2 Å². The molecule has 4 rings (SSSR count). The minimum absolute atomic E-state index is 0.0861. The van der Waals surface area contributed by atoms with Crippen molar-refractivity contribution in [1.29, 1.82) is 0 Å². The number of carbonyl (C=O) groups is 1. The van der Waals surface area contributed by atoms with Gasteiger partial charge in [-0.2, -0.15) is 4.72 Å². The molecule has 9 heteroatoms. The molecule has 0 aromatic heterocycles. The number of para-hydroxylation sites is 3. The van der Waals surface area contributed by atoms with Gasteiger partial charge < -0.3 is 14.8 Å². The molecular weight excluding hydrogens is 512 g/mol. The highest BCUT2D eigenvalue weighted by atomic mass is 35.5. The lowest BCUT2D eigenvalue weighted by molar-refractivity contribution is -0.117. The zero-order valence-corrected chi connectivity index (χ0v) is 21.5. The molecule has 0 spiro atoms. The molecular formula is C28H25ClN2O5S. The van der Waals surface area contributed by atoms with Crippen LogP contribution in [0.3, 0.4) is 0 Å². The lowest BCUT2D eigenvalue weighted by atomic mass is 10.1. The van der Waals surface area contributed by atoms with E-state index in [-0.39, 0.29) is 16.3 Å². The molecule has 190 valence electrons. The highest BCUT2D eigenvalue weighted by molar-refractivity contribution is 7.89. The van der Waals surface area contributed by atoms with Crippen molar-refractivity contribution in [3.63, 3.8) is 0 Å². The normalized spacial score (nSPS) is 11.9. The Kier molecular flexibility index (Phi) is 8.45. The molecule has 0 aliphatic rings. The fourth-order valence-corrected chi connectivity index (χ4v) is 5.15. The number of rotatable bonds is 10. The number of anilines is 1. The summed E-state index contributed by atoms with van der Waals surface area (Å²) >= 11 is 6.15. The van der Waals surface area contributed by atoms with Crippen LogP contribution < -0.4 is 19.5 Å². The van der Waals surface area contributed by atoms with Gasteiger partial charge >= 0.3 is 0 Å². The van der Waals surface area contributed by atoms with Gasteiger partial charge in [0.25, 0.3) is 0 Å². The smallest absolute Gasteiger partial charge is 0.243 e. The van der Waals surface area contributed by atoms with Crippen LogP contribution in [0.25, 0.3) is 0 Å². The van der Waals surface area contributed by atoms with Crippen LogP contribution in [-0.2, 0) is 21.2 Å². The Morgan fingerprint density at radius 2 is 1.51 bits per heavy atom. The van der Waals surface area contributed by atoms with Gasteiger partial charge in [0, 0.05) is 0 Å². The highest BCUT2D eigenvalue weighted by Gasteiger charge is 2.27. The number of halogens is 1. The van der Waals surface area contributed by atoms with Gasteiger partial charge in [0.1, 0.15) is 17.5 Å². The summed E-state index contributed by atoms with van der Waals surface area (Å²) in [6, 6.07) is 28.2. The van der Waals surface area contributed by atoms with E-state index in [0.29, 0.717) is 22.9 Å². The maximum atomic E-state index is 13.5. The number of hydrogen-bond acceptors (Lipinski definition) is 5. The SMILES string of the molecule is COc1ccc(S(=O)(=O)N[C@@H](Cc2ccccc2)C(=O)Nc2ccccc2Oc2ccccc2)cc1Cl. The van der Waals surface area contributed by atoms with Gasteiger partial charge in [0.2, 0.25) is 15.9 Å². The molecule has 0 saturated heterocycles. The van der Waals surface area contributed by atoms with Gasteiger partial charge in [-0.05, 0) is 54.4 Å². The quantitative estimate of drug-likeness (QED) is 0.272. The van der Waals surface area contributed by atoms with Gasteiger partial charge in [-0.1, -0.05) is 72.3 Å². The fraction of sp³-hybridized carbons (Fsp3) is 0.107. The van der Waals surface area contributed by atoms with E-state index in [4.69, 9.17) is 21.1 Å². The molecule has 0 bridgehead atoms. The second-order valence-electron chi connectivity index (χ2n) is 8.06. The Bertz CT molecular complexity index is 1460. The van der Waals surface area contributed by atoms with E-state index in [1.165, 1.54) is 25.3 Å². The Morgan fingerprint density at radius 3 is 2.19 bits per heavy atom. The molecule has 0 radical (unpaired) electrons. The van der Waals surface area contributed by atoms with Crippen LogP contribution in [0, 0.1) is 0 Å². The van der Waals surface area contributed by atoms with Crippen LogP contribution >= 0.6 is 11.6 Å². The average Bonchev–Trinajstić information content (AvgIpc) is 2.90. The first-order valence-electron chi connectivity index (χ1n) is 11.4. The molecule has 7 nitrogen and oxygen atoms in total. The Balaban J connectivity index is 1.60. The minimum Gasteiger partial charge on any atom is -0.495 e. The van der Waals surface area contributed by atoms with Crippen LogP contribution in [0.4, 0.5) is 5.69 Å². The highest BCUT2D eigenvalue weighted by Crippen LogP contribution is 2.30. The molecule has 1 atom stereocenters. The molecule has 4 aromatic rings. The fourth-order valence-electron chi connectivity index (χ4n) is 3.60. The third-order valence-corrected chi connectivity index (χ3v) is 7.21. The van der Waals surface area contributed by atoms with Crippen LogP contribution in [0.15, 0.2) is 108 Å². The van der Waals surface area contributed by atoms with E-state index < -0.39 is 22.0 Å². The van der Waals surface area contributed by atoms with Crippen LogP contribution in [-0.4, -0.2) is 27.5 Å². The molecule has 4 aromatic carbocycles. The number of nitrogens with one attached hydrogen (secondary N) is 2. The molecule has 0 heterocycles. The summed E-state index contributed by atoms with van der Waals surface area (Å²) in [5, 5.41) is 2.96. The van der Waals surface area contributed by atoms with E-state index in [0.717, 1.165) is 5.56 Å². The first kappa shape index (κ1) is 26.2. The monoisotopic (exact) mass is 536 g/mol. The average molecular weight is 537 g/mol. The van der Waals surface area contributed by atoms with Crippen LogP contribution in [0.2, 0.25) is 5.02 Å². The lowest BCUT2D eigenvalue weighted by Crippen LogP contribution is -2.45. The van der Waals surface area contributed by atoms with Gasteiger partial charge in [0.05, 0.1) is 22.7 Å². The zero-order chi connectivity index (χ0) is 26.3. The third kappa shape index (κ3) is 6.89. The summed E-state index contributed by atoms with van der Waals surface area (Å²) in [5.41, 5.74) is 1.19. The lowest BCUT2D eigenvalue weighted by Gasteiger charge is -2.20. The molecule has 0 aliphatic carbocycles. The Labute approximate surface area is 221 Å². The van der Waals surface area contributed by atoms with Gasteiger partial charge in [-0.25, -0.2) is 8.42 Å². The maximum absolute atomic E-state index is 13.5. The van der Waals surface area contributed by atoms with Gasteiger partial charge in [-0.15, -0.1) is 0 Å². The summed E-state index contributed by atoms with van der Waals surface area (Å²) in [6.07, 6.45) is 0.123. The van der Waals surface area contributed by atoms with Crippen LogP contribution in [0.1, 0.15) is 5.56 Å². The second kappa shape index (κ2) is 11.9. The molecule has 37 heavy (non-hydrogen) atoms. The van der Waals surface area contributed by atoms with E-state index in [2.05, 4.69) is 10.0 Å². The van der Waals surface area contributed by atoms with Crippen molar-refractivity contribution in [2.24, 2.45) is 0 Å². The number of carbonyl (C=O) groups excluding carboxylic acids is 1. The summed E-state index contributed by atoms with van der Waals surface area (Å²) in [4.78, 5) is 13.4. The summed E-state index contributed by atoms with van der Waals surface area (Å²) in [5.74, 6) is 0.817. The number of methoxy groups -OCH3 is 1. The Morgan fingerprint density at radius 1 is 0.865 bits per heavy atom. The number of benzene rings is 4. The van der Waals surface area contributed by atoms with E-state index in [1.807, 2.05) is 48.5 Å². The summed E-state index contributed by atoms with van der Waals surface area (Å²) < 4.78 is 40.0. The predicted octanol–water partition coefficient (Wildman–Crippen LogP) is 5.67. The standard InChI is InChI=1S/C28H25ClN2O5S/c1-35-26-17-16-22(19-23(26)29)37(33,34)31-25(18-20-10-4-2-5-11-20)28(32)30-24-14-8-9-15-27(24)36-21-12-6-3-7-13-21/h2-17,19,25,31H,18H2,1H3,(H,30,32)/t25-/m0/s1. The van der Waals surface area contributed by atoms with Crippen molar-refractivity contribution < 1.29 is 22.7 Å². The summed E-state index contributed by atoms with van der Waals surface area (Å²) in [7, 11) is -2.67.